The highest BCUT2D eigenvalue weighted by Crippen LogP contribution is 2.26. The minimum Gasteiger partial charge on any atom is -0.495 e. The number of carboxylic acids is 1. The number of carboxylic acid groups (broad SMARTS) is 1. The number of rotatable bonds is 4. The zero-order chi connectivity index (χ0) is 13.0. The van der Waals surface area contributed by atoms with E-state index in [2.05, 4.69) is 10.3 Å². The molecule has 0 amide bonds. The summed E-state index contributed by atoms with van der Waals surface area (Å²) in [7, 11) is 1.57. The van der Waals surface area contributed by atoms with Crippen LogP contribution >= 0.6 is 0 Å². The third kappa shape index (κ3) is 2.57. The van der Waals surface area contributed by atoms with E-state index in [1.165, 1.54) is 18.3 Å². The predicted octanol–water partition coefficient (Wildman–Crippen LogP) is 2.53. The van der Waals surface area contributed by atoms with E-state index in [4.69, 9.17) is 9.84 Å². The van der Waals surface area contributed by atoms with Gasteiger partial charge in [0.1, 0.15) is 11.6 Å². The zero-order valence-electron chi connectivity index (χ0n) is 9.75. The Labute approximate surface area is 104 Å². The Kier molecular flexibility index (Phi) is 3.43. The third-order valence-electron chi connectivity index (χ3n) is 2.38. The Balaban J connectivity index is 2.28. The molecule has 18 heavy (non-hydrogen) atoms. The van der Waals surface area contributed by atoms with Gasteiger partial charge < -0.3 is 15.2 Å². The first-order valence-electron chi connectivity index (χ1n) is 5.30. The average Bonchev–Trinajstić information content (AvgIpc) is 2.39. The minimum absolute atomic E-state index is 0.183. The quantitative estimate of drug-likeness (QED) is 0.864. The molecule has 2 rings (SSSR count). The van der Waals surface area contributed by atoms with Crippen molar-refractivity contribution in [2.45, 2.75) is 0 Å². The van der Waals surface area contributed by atoms with Crippen molar-refractivity contribution in [3.05, 3.63) is 48.2 Å². The fourth-order valence-corrected chi connectivity index (χ4v) is 1.52. The molecule has 5 heteroatoms. The van der Waals surface area contributed by atoms with E-state index in [1.54, 1.807) is 7.11 Å². The average molecular weight is 244 g/mol. The number of carbonyl (C=O) groups is 1. The van der Waals surface area contributed by atoms with Crippen molar-refractivity contribution in [3.8, 4) is 5.75 Å². The normalized spacial score (nSPS) is 9.83. The molecule has 0 aliphatic rings. The maximum atomic E-state index is 10.8. The van der Waals surface area contributed by atoms with E-state index < -0.39 is 5.97 Å². The van der Waals surface area contributed by atoms with Crippen LogP contribution in [0.2, 0.25) is 0 Å². The lowest BCUT2D eigenvalue weighted by Gasteiger charge is -2.10. The first-order valence-corrected chi connectivity index (χ1v) is 5.30. The molecular weight excluding hydrogens is 232 g/mol. The molecule has 1 heterocycles. The van der Waals surface area contributed by atoms with Crippen LogP contribution in [-0.2, 0) is 0 Å². The number of nitrogens with one attached hydrogen (secondary N) is 1. The van der Waals surface area contributed by atoms with Crippen molar-refractivity contribution in [3.63, 3.8) is 0 Å². The van der Waals surface area contributed by atoms with Gasteiger partial charge in [0.15, 0.2) is 0 Å². The highest BCUT2D eigenvalue weighted by atomic mass is 16.5. The summed E-state index contributed by atoms with van der Waals surface area (Å²) in [6.45, 7) is 0. The number of aromatic nitrogens is 1. The number of methoxy groups -OCH3 is 1. The number of aromatic carboxylic acids is 1. The van der Waals surface area contributed by atoms with Crippen molar-refractivity contribution in [2.75, 3.05) is 12.4 Å². The van der Waals surface area contributed by atoms with Gasteiger partial charge in [-0.15, -0.1) is 0 Å². The molecule has 0 unspecified atom stereocenters. The molecule has 2 aromatic rings. The standard InChI is InChI=1S/C13H12N2O3/c1-18-11-5-3-2-4-10(11)15-12-8-9(13(16)17)6-7-14-12/h2-8H,1H3,(H,14,15)(H,16,17). The van der Waals surface area contributed by atoms with Gasteiger partial charge in [-0.25, -0.2) is 9.78 Å². The number of anilines is 2. The lowest BCUT2D eigenvalue weighted by atomic mass is 10.2. The van der Waals surface area contributed by atoms with Crippen LogP contribution < -0.4 is 10.1 Å². The van der Waals surface area contributed by atoms with Gasteiger partial charge in [0.05, 0.1) is 18.4 Å². The van der Waals surface area contributed by atoms with Gasteiger partial charge in [0, 0.05) is 6.20 Å². The van der Waals surface area contributed by atoms with Crippen LogP contribution in [0.5, 0.6) is 5.75 Å². The second-order valence-corrected chi connectivity index (χ2v) is 3.56. The zero-order valence-corrected chi connectivity index (χ0v) is 9.75. The number of hydrogen-bond donors (Lipinski definition) is 2. The number of nitrogens with zero attached hydrogens (tertiary/aromatic N) is 1. The molecule has 0 saturated heterocycles. The highest BCUT2D eigenvalue weighted by molar-refractivity contribution is 5.88. The SMILES string of the molecule is COc1ccccc1Nc1cc(C(=O)O)ccn1. The van der Waals surface area contributed by atoms with Gasteiger partial charge in [-0.3, -0.25) is 0 Å². The predicted molar refractivity (Wildman–Crippen MR) is 67.5 cm³/mol. The Hall–Kier alpha value is -2.56. The second kappa shape index (κ2) is 5.18. The first-order chi connectivity index (χ1) is 8.70. The van der Waals surface area contributed by atoms with Crippen molar-refractivity contribution >= 4 is 17.5 Å². The van der Waals surface area contributed by atoms with Gasteiger partial charge in [-0.2, -0.15) is 0 Å². The van der Waals surface area contributed by atoms with Gasteiger partial charge in [0.25, 0.3) is 0 Å². The summed E-state index contributed by atoms with van der Waals surface area (Å²) in [5.41, 5.74) is 0.914. The number of para-hydroxylation sites is 2. The van der Waals surface area contributed by atoms with Gasteiger partial charge in [0.2, 0.25) is 0 Å². The Morgan fingerprint density at radius 1 is 1.33 bits per heavy atom. The summed E-state index contributed by atoms with van der Waals surface area (Å²) < 4.78 is 5.19. The number of hydrogen-bond acceptors (Lipinski definition) is 4. The lowest BCUT2D eigenvalue weighted by molar-refractivity contribution is 0.0697. The molecule has 0 aliphatic carbocycles. The Morgan fingerprint density at radius 2 is 2.11 bits per heavy atom. The maximum Gasteiger partial charge on any atom is 0.335 e. The van der Waals surface area contributed by atoms with Crippen LogP contribution in [0, 0.1) is 0 Å². The second-order valence-electron chi connectivity index (χ2n) is 3.56. The summed E-state index contributed by atoms with van der Waals surface area (Å²) in [5, 5.41) is 11.9. The van der Waals surface area contributed by atoms with E-state index >= 15 is 0 Å². The van der Waals surface area contributed by atoms with E-state index in [1.807, 2.05) is 24.3 Å². The molecule has 2 N–H and O–H groups in total. The van der Waals surface area contributed by atoms with Crippen LogP contribution in [0.1, 0.15) is 10.4 Å². The van der Waals surface area contributed by atoms with Crippen molar-refractivity contribution in [2.24, 2.45) is 0 Å². The number of pyridine rings is 1. The number of ether oxygens (including phenoxy) is 1. The van der Waals surface area contributed by atoms with Crippen LogP contribution in [0.3, 0.4) is 0 Å². The van der Waals surface area contributed by atoms with Crippen molar-refractivity contribution in [1.29, 1.82) is 0 Å². The molecule has 0 radical (unpaired) electrons. The van der Waals surface area contributed by atoms with E-state index in [0.29, 0.717) is 11.6 Å². The summed E-state index contributed by atoms with van der Waals surface area (Å²) in [6, 6.07) is 10.2. The molecule has 92 valence electrons. The molecule has 0 aliphatic heterocycles. The monoisotopic (exact) mass is 244 g/mol. The minimum atomic E-state index is -0.986. The fraction of sp³-hybridized carbons (Fsp3) is 0.0769. The van der Waals surface area contributed by atoms with E-state index in [-0.39, 0.29) is 5.56 Å². The Bertz CT molecular complexity index is 570. The van der Waals surface area contributed by atoms with E-state index in [0.717, 1.165) is 5.69 Å². The van der Waals surface area contributed by atoms with Gasteiger partial charge >= 0.3 is 5.97 Å². The maximum absolute atomic E-state index is 10.8. The fourth-order valence-electron chi connectivity index (χ4n) is 1.52. The smallest absolute Gasteiger partial charge is 0.335 e. The summed E-state index contributed by atoms with van der Waals surface area (Å²) in [6.07, 6.45) is 1.45. The Morgan fingerprint density at radius 3 is 2.83 bits per heavy atom. The summed E-state index contributed by atoms with van der Waals surface area (Å²) in [5.74, 6) is 0.139. The molecule has 0 atom stereocenters. The molecule has 0 saturated carbocycles. The van der Waals surface area contributed by atoms with Crippen LogP contribution in [0.15, 0.2) is 42.6 Å². The summed E-state index contributed by atoms with van der Waals surface area (Å²) in [4.78, 5) is 14.9. The molecular formula is C13H12N2O3. The van der Waals surface area contributed by atoms with Gasteiger partial charge in [-0.05, 0) is 24.3 Å². The molecule has 0 spiro atoms. The van der Waals surface area contributed by atoms with Crippen LogP contribution in [0.25, 0.3) is 0 Å². The summed E-state index contributed by atoms with van der Waals surface area (Å²) >= 11 is 0. The highest BCUT2D eigenvalue weighted by Gasteiger charge is 2.06. The molecule has 1 aromatic carbocycles. The molecule has 1 aromatic heterocycles. The molecule has 0 fully saturated rings. The van der Waals surface area contributed by atoms with E-state index in [9.17, 15) is 4.79 Å². The third-order valence-corrected chi connectivity index (χ3v) is 2.38. The molecule has 0 bridgehead atoms. The number of benzene rings is 1. The van der Waals surface area contributed by atoms with Crippen molar-refractivity contribution < 1.29 is 14.6 Å². The topological polar surface area (TPSA) is 71.5 Å². The lowest BCUT2D eigenvalue weighted by Crippen LogP contribution is -2.00. The molecule has 5 nitrogen and oxygen atoms in total. The van der Waals surface area contributed by atoms with Crippen LogP contribution in [-0.4, -0.2) is 23.2 Å². The first kappa shape index (κ1) is 11.9. The van der Waals surface area contributed by atoms with Crippen molar-refractivity contribution in [1.82, 2.24) is 4.98 Å². The van der Waals surface area contributed by atoms with Crippen LogP contribution in [0.4, 0.5) is 11.5 Å². The largest absolute Gasteiger partial charge is 0.495 e. The van der Waals surface area contributed by atoms with Gasteiger partial charge in [-0.1, -0.05) is 12.1 Å².